The molecule has 0 aliphatic carbocycles. The summed E-state index contributed by atoms with van der Waals surface area (Å²) >= 11 is 5.83. The quantitative estimate of drug-likeness (QED) is 0.778. The average molecular weight is 427 g/mol. The number of nitrogens with one attached hydrogen (secondary N) is 1. The zero-order valence-electron chi connectivity index (χ0n) is 15.3. The predicted octanol–water partition coefficient (Wildman–Crippen LogP) is 3.92. The minimum absolute atomic E-state index is 0.0599. The van der Waals surface area contributed by atoms with Gasteiger partial charge in [-0.3, -0.25) is 9.59 Å². The van der Waals surface area contributed by atoms with Gasteiger partial charge in [-0.1, -0.05) is 23.7 Å². The van der Waals surface area contributed by atoms with Crippen molar-refractivity contribution < 1.29 is 27.9 Å². The van der Waals surface area contributed by atoms with E-state index in [-0.39, 0.29) is 24.3 Å². The molecule has 2 aromatic carbocycles. The Hall–Kier alpha value is -2.58. The molecule has 1 heterocycles. The maximum absolute atomic E-state index is 13.3. The van der Waals surface area contributed by atoms with Crippen LogP contribution < -0.4 is 5.32 Å². The van der Waals surface area contributed by atoms with Crippen molar-refractivity contribution in [2.45, 2.75) is 25.1 Å². The summed E-state index contributed by atoms with van der Waals surface area (Å²) in [5.41, 5.74) is -0.736. The van der Waals surface area contributed by atoms with Crippen molar-refractivity contribution in [3.05, 3.63) is 64.2 Å². The van der Waals surface area contributed by atoms with Gasteiger partial charge in [-0.25, -0.2) is 0 Å². The van der Waals surface area contributed by atoms with Crippen LogP contribution in [0.5, 0.6) is 0 Å². The molecule has 2 amide bonds. The van der Waals surface area contributed by atoms with Crippen LogP contribution in [0.2, 0.25) is 5.02 Å². The van der Waals surface area contributed by atoms with Crippen molar-refractivity contribution in [2.75, 3.05) is 18.4 Å². The van der Waals surface area contributed by atoms with Gasteiger partial charge in [0.25, 0.3) is 5.91 Å². The van der Waals surface area contributed by atoms with Crippen molar-refractivity contribution in [3.8, 4) is 0 Å². The molecule has 1 aliphatic rings. The Morgan fingerprint density at radius 2 is 1.79 bits per heavy atom. The molecular formula is C20H18ClF3N2O3. The van der Waals surface area contributed by atoms with Crippen LogP contribution in [0, 0.1) is 0 Å². The number of halogens is 4. The van der Waals surface area contributed by atoms with Crippen LogP contribution in [-0.2, 0) is 11.0 Å². The van der Waals surface area contributed by atoms with Crippen molar-refractivity contribution in [2.24, 2.45) is 0 Å². The van der Waals surface area contributed by atoms with Crippen molar-refractivity contribution >= 4 is 29.1 Å². The lowest BCUT2D eigenvalue weighted by Crippen LogP contribution is -2.53. The molecule has 1 fully saturated rings. The number of aliphatic hydroxyl groups is 1. The van der Waals surface area contributed by atoms with Crippen molar-refractivity contribution in [1.82, 2.24) is 4.90 Å². The minimum Gasteiger partial charge on any atom is -0.389 e. The summed E-state index contributed by atoms with van der Waals surface area (Å²) in [6, 6.07) is 9.27. The molecule has 9 heteroatoms. The number of anilines is 1. The summed E-state index contributed by atoms with van der Waals surface area (Å²) in [7, 11) is 0. The number of β-amino-alcohol motifs (C(OH)–C–C–N with tert-alkyl or cyclic N) is 1. The van der Waals surface area contributed by atoms with E-state index in [1.807, 2.05) is 0 Å². The molecule has 5 nitrogen and oxygen atoms in total. The molecule has 29 heavy (non-hydrogen) atoms. The van der Waals surface area contributed by atoms with Gasteiger partial charge in [0.05, 0.1) is 17.6 Å². The fourth-order valence-electron chi connectivity index (χ4n) is 2.94. The second-order valence-electron chi connectivity index (χ2n) is 6.92. The second-order valence-corrected chi connectivity index (χ2v) is 7.36. The number of rotatable bonds is 4. The van der Waals surface area contributed by atoms with Crippen LogP contribution in [0.4, 0.5) is 18.9 Å². The highest BCUT2D eigenvalue weighted by Gasteiger charge is 2.34. The first-order valence-corrected chi connectivity index (χ1v) is 9.18. The van der Waals surface area contributed by atoms with E-state index < -0.39 is 35.6 Å². The topological polar surface area (TPSA) is 69.6 Å². The van der Waals surface area contributed by atoms with Gasteiger partial charge in [-0.2, -0.15) is 13.2 Å². The average Bonchev–Trinajstić information content (AvgIpc) is 2.64. The number of nitrogens with zero attached hydrogens (tertiary/aromatic N) is 1. The molecule has 2 aromatic rings. The highest BCUT2D eigenvalue weighted by Crippen LogP contribution is 2.33. The molecule has 154 valence electrons. The predicted molar refractivity (Wildman–Crippen MR) is 102 cm³/mol. The summed E-state index contributed by atoms with van der Waals surface area (Å²) in [5.74, 6) is -1.81. The Kier molecular flexibility index (Phi) is 5.86. The van der Waals surface area contributed by atoms with Gasteiger partial charge in [0.1, 0.15) is 0 Å². The van der Waals surface area contributed by atoms with E-state index in [9.17, 15) is 27.9 Å². The third kappa shape index (κ3) is 4.89. The number of carbonyl (C=O) groups is 2. The summed E-state index contributed by atoms with van der Waals surface area (Å²) in [6.07, 6.45) is -5.37. The zero-order chi connectivity index (χ0) is 21.3. The largest absolute Gasteiger partial charge is 0.416 e. The summed E-state index contributed by atoms with van der Waals surface area (Å²) in [4.78, 5) is 26.2. The van der Waals surface area contributed by atoms with Crippen LogP contribution in [0.1, 0.15) is 34.3 Å². The molecule has 3 rings (SSSR count). The standard InChI is InChI=1S/C20H18ClF3N2O3/c1-11(12-2-4-15(21)5-3-12)18(28)25-16-7-13(6-14(8-16)20(22,23)24)19(29)26-9-17(27)10-26/h2-8,11,17,27H,9-10H2,1H3,(H,25,28). The highest BCUT2D eigenvalue weighted by atomic mass is 35.5. The Bertz CT molecular complexity index is 926. The number of alkyl halides is 3. The number of hydrogen-bond acceptors (Lipinski definition) is 3. The molecular weight excluding hydrogens is 409 g/mol. The van der Waals surface area contributed by atoms with Gasteiger partial charge in [0, 0.05) is 29.4 Å². The fourth-order valence-corrected chi connectivity index (χ4v) is 3.07. The first kappa shape index (κ1) is 21.1. The smallest absolute Gasteiger partial charge is 0.389 e. The van der Waals surface area contributed by atoms with Crippen LogP contribution in [-0.4, -0.2) is 41.0 Å². The number of benzene rings is 2. The van der Waals surface area contributed by atoms with E-state index in [0.717, 1.165) is 12.1 Å². The Morgan fingerprint density at radius 3 is 2.34 bits per heavy atom. The molecule has 0 bridgehead atoms. The Morgan fingerprint density at radius 1 is 1.17 bits per heavy atom. The van der Waals surface area contributed by atoms with Crippen LogP contribution in [0.15, 0.2) is 42.5 Å². The van der Waals surface area contributed by atoms with E-state index in [2.05, 4.69) is 5.32 Å². The minimum atomic E-state index is -4.69. The van der Waals surface area contributed by atoms with E-state index >= 15 is 0 Å². The third-order valence-corrected chi connectivity index (χ3v) is 4.94. The van der Waals surface area contributed by atoms with Gasteiger partial charge in [-0.05, 0) is 42.8 Å². The Balaban J connectivity index is 1.85. The van der Waals surface area contributed by atoms with Crippen LogP contribution in [0.25, 0.3) is 0 Å². The molecule has 0 saturated carbocycles. The number of amides is 2. The SMILES string of the molecule is CC(C(=O)Nc1cc(C(=O)N2CC(O)C2)cc(C(F)(F)F)c1)c1ccc(Cl)cc1. The van der Waals surface area contributed by atoms with E-state index in [4.69, 9.17) is 11.6 Å². The van der Waals surface area contributed by atoms with Gasteiger partial charge in [0.15, 0.2) is 0 Å². The van der Waals surface area contributed by atoms with Crippen molar-refractivity contribution in [1.29, 1.82) is 0 Å². The first-order valence-electron chi connectivity index (χ1n) is 8.80. The number of hydrogen-bond donors (Lipinski definition) is 2. The van der Waals surface area contributed by atoms with E-state index in [0.29, 0.717) is 10.6 Å². The molecule has 1 unspecified atom stereocenters. The molecule has 1 atom stereocenters. The first-order chi connectivity index (χ1) is 13.5. The number of likely N-dealkylation sites (tertiary alicyclic amines) is 1. The summed E-state index contributed by atoms with van der Waals surface area (Å²) in [6.45, 7) is 1.73. The number of carbonyl (C=O) groups excluding carboxylic acids is 2. The van der Waals surface area contributed by atoms with Crippen LogP contribution in [0.3, 0.4) is 0 Å². The normalized spacial score (nSPS) is 15.6. The van der Waals surface area contributed by atoms with Gasteiger partial charge >= 0.3 is 6.18 Å². The van der Waals surface area contributed by atoms with Gasteiger partial charge in [0.2, 0.25) is 5.91 Å². The lowest BCUT2D eigenvalue weighted by molar-refractivity contribution is -0.137. The van der Waals surface area contributed by atoms with Crippen molar-refractivity contribution in [3.63, 3.8) is 0 Å². The van der Waals surface area contributed by atoms with Gasteiger partial charge < -0.3 is 15.3 Å². The molecule has 1 aliphatic heterocycles. The summed E-state index contributed by atoms with van der Waals surface area (Å²) < 4.78 is 39.8. The zero-order valence-corrected chi connectivity index (χ0v) is 16.1. The lowest BCUT2D eigenvalue weighted by Gasteiger charge is -2.36. The van der Waals surface area contributed by atoms with Crippen LogP contribution >= 0.6 is 11.6 Å². The fraction of sp³-hybridized carbons (Fsp3) is 0.300. The highest BCUT2D eigenvalue weighted by molar-refractivity contribution is 6.30. The monoisotopic (exact) mass is 426 g/mol. The molecule has 0 aromatic heterocycles. The second kappa shape index (κ2) is 8.04. The maximum atomic E-state index is 13.3. The third-order valence-electron chi connectivity index (χ3n) is 4.69. The molecule has 0 spiro atoms. The van der Waals surface area contributed by atoms with Gasteiger partial charge in [-0.15, -0.1) is 0 Å². The maximum Gasteiger partial charge on any atom is 0.416 e. The molecule has 2 N–H and O–H groups in total. The molecule has 1 saturated heterocycles. The Labute approximate surface area is 170 Å². The number of aliphatic hydroxyl groups excluding tert-OH is 1. The molecule has 0 radical (unpaired) electrons. The van der Waals surface area contributed by atoms with E-state index in [1.165, 1.54) is 11.0 Å². The summed E-state index contributed by atoms with van der Waals surface area (Å²) in [5, 5.41) is 12.3. The van der Waals surface area contributed by atoms with E-state index in [1.54, 1.807) is 31.2 Å². The lowest BCUT2D eigenvalue weighted by atomic mass is 10.00.